The van der Waals surface area contributed by atoms with E-state index >= 15 is 0 Å². The lowest BCUT2D eigenvalue weighted by Gasteiger charge is -2.34. The first-order valence-electron chi connectivity index (χ1n) is 10.8. The quantitative estimate of drug-likeness (QED) is 0.472. The third-order valence-electron chi connectivity index (χ3n) is 5.38. The Balaban J connectivity index is 1.57. The van der Waals surface area contributed by atoms with Crippen LogP contribution in [0.5, 0.6) is 5.75 Å². The van der Waals surface area contributed by atoms with Crippen LogP contribution in [-0.2, 0) is 10.9 Å². The van der Waals surface area contributed by atoms with Gasteiger partial charge in [-0.1, -0.05) is 0 Å². The van der Waals surface area contributed by atoms with Crippen LogP contribution in [0.4, 0.5) is 23.8 Å². The number of carbonyl (C=O) groups excluding carboxylic acids is 1. The zero-order chi connectivity index (χ0) is 24.7. The summed E-state index contributed by atoms with van der Waals surface area (Å²) in [6, 6.07) is 4.58. The summed E-state index contributed by atoms with van der Waals surface area (Å²) in [5.74, 6) is 0.00209. The van der Waals surface area contributed by atoms with E-state index in [1.807, 2.05) is 32.2 Å². The van der Waals surface area contributed by atoms with Crippen molar-refractivity contribution < 1.29 is 27.8 Å². The molecule has 1 aliphatic rings. The highest BCUT2D eigenvalue weighted by Gasteiger charge is 2.32. The number of likely N-dealkylation sites (tertiary alicyclic amines) is 1. The van der Waals surface area contributed by atoms with Crippen LogP contribution in [0.3, 0.4) is 0 Å². The molecule has 3 heterocycles. The van der Waals surface area contributed by atoms with Crippen molar-refractivity contribution in [3.8, 4) is 17.0 Å². The number of thiophene rings is 1. The number of rotatable bonds is 3. The fraction of sp³-hybridized carbons (Fsp3) is 0.435. The number of amides is 1. The van der Waals surface area contributed by atoms with Crippen molar-refractivity contribution in [2.75, 3.05) is 18.4 Å². The number of nitrogens with zero attached hydrogens (tertiary/aromatic N) is 3. The second-order valence-corrected chi connectivity index (χ2v) is 10.1. The zero-order valence-corrected chi connectivity index (χ0v) is 19.8. The molecule has 1 saturated heterocycles. The Bertz CT molecular complexity index is 1210. The van der Waals surface area contributed by atoms with Crippen LogP contribution in [0.1, 0.15) is 39.2 Å². The van der Waals surface area contributed by atoms with Crippen LogP contribution in [0, 0.1) is 0 Å². The smallest absolute Gasteiger partial charge is 0.416 e. The average Bonchev–Trinajstić information content (AvgIpc) is 3.23. The van der Waals surface area contributed by atoms with Crippen molar-refractivity contribution in [2.45, 2.75) is 51.4 Å². The van der Waals surface area contributed by atoms with Gasteiger partial charge in [-0.2, -0.15) is 13.2 Å². The lowest BCUT2D eigenvalue weighted by atomic mass is 10.0. The molecule has 34 heavy (non-hydrogen) atoms. The number of benzene rings is 1. The van der Waals surface area contributed by atoms with Crippen molar-refractivity contribution >= 4 is 33.3 Å². The van der Waals surface area contributed by atoms with E-state index < -0.39 is 23.1 Å². The van der Waals surface area contributed by atoms with Gasteiger partial charge in [-0.25, -0.2) is 4.79 Å². The molecule has 0 aliphatic carbocycles. The molecule has 11 heteroatoms. The van der Waals surface area contributed by atoms with Crippen LogP contribution < -0.4 is 5.32 Å². The Hall–Kier alpha value is -3.08. The number of piperidine rings is 1. The number of phenolic OH excluding ortho intramolecular Hbond substituents is 1. The second kappa shape index (κ2) is 8.94. The van der Waals surface area contributed by atoms with Gasteiger partial charge in [-0.05, 0) is 63.3 Å². The van der Waals surface area contributed by atoms with E-state index in [1.54, 1.807) is 4.90 Å². The molecule has 4 rings (SSSR count). The molecule has 3 aromatic rings. The van der Waals surface area contributed by atoms with Crippen LogP contribution in [0.2, 0.25) is 0 Å². The molecule has 2 N–H and O–H groups in total. The third kappa shape index (κ3) is 5.19. The number of ether oxygens (including phenoxy) is 1. The summed E-state index contributed by atoms with van der Waals surface area (Å²) >= 11 is 1.35. The number of hydrogen-bond acceptors (Lipinski definition) is 7. The highest BCUT2D eigenvalue weighted by atomic mass is 32.1. The molecule has 0 bridgehead atoms. The third-order valence-corrected chi connectivity index (χ3v) is 6.30. The van der Waals surface area contributed by atoms with Gasteiger partial charge in [-0.15, -0.1) is 21.5 Å². The molecule has 2 aromatic heterocycles. The topological polar surface area (TPSA) is 87.6 Å². The molecule has 0 unspecified atom stereocenters. The van der Waals surface area contributed by atoms with E-state index in [0.717, 1.165) is 24.3 Å². The molecule has 182 valence electrons. The lowest BCUT2D eigenvalue weighted by molar-refractivity contribution is -0.137. The predicted octanol–water partition coefficient (Wildman–Crippen LogP) is 5.89. The Morgan fingerprint density at radius 1 is 1.24 bits per heavy atom. The first-order valence-corrected chi connectivity index (χ1v) is 11.7. The maximum Gasteiger partial charge on any atom is 0.416 e. The standard InChI is InChI=1S/C23H25F3N4O3S/c1-22(2,3)33-21(32)30-9-4-5-14(12-30)27-20-16-8-10-34-19(16)18(28-29-20)15-7-6-13(11-17(15)31)23(24,25)26/h6-8,10-11,14,31H,4-5,9,12H2,1-3H3,(H,27,29)/t14-/m1/s1. The fourth-order valence-electron chi connectivity index (χ4n) is 3.85. The number of fused-ring (bicyclic) bond motifs is 1. The molecule has 1 amide bonds. The SMILES string of the molecule is CC(C)(C)OC(=O)N1CCC[C@@H](Nc2nnc(-c3ccc(C(F)(F)F)cc3O)c3sccc23)C1. The van der Waals surface area contributed by atoms with E-state index in [-0.39, 0.29) is 17.7 Å². The summed E-state index contributed by atoms with van der Waals surface area (Å²) in [5.41, 5.74) is -1.03. The van der Waals surface area contributed by atoms with E-state index in [0.29, 0.717) is 35.4 Å². The number of aromatic hydroxyl groups is 1. The van der Waals surface area contributed by atoms with Crippen molar-refractivity contribution in [2.24, 2.45) is 0 Å². The van der Waals surface area contributed by atoms with Gasteiger partial charge in [0.15, 0.2) is 5.82 Å². The van der Waals surface area contributed by atoms with E-state index in [2.05, 4.69) is 15.5 Å². The van der Waals surface area contributed by atoms with Crippen LogP contribution in [0.15, 0.2) is 29.6 Å². The molecule has 0 spiro atoms. The molecular weight excluding hydrogens is 469 g/mol. The summed E-state index contributed by atoms with van der Waals surface area (Å²) in [4.78, 5) is 14.1. The molecular formula is C23H25F3N4O3S. The maximum absolute atomic E-state index is 13.0. The van der Waals surface area contributed by atoms with Gasteiger partial charge in [0.25, 0.3) is 0 Å². The first-order chi connectivity index (χ1) is 15.9. The van der Waals surface area contributed by atoms with Crippen molar-refractivity contribution in [1.29, 1.82) is 0 Å². The largest absolute Gasteiger partial charge is 0.507 e. The van der Waals surface area contributed by atoms with Gasteiger partial charge in [0, 0.05) is 30.1 Å². The zero-order valence-electron chi connectivity index (χ0n) is 18.9. The number of anilines is 1. The van der Waals surface area contributed by atoms with Gasteiger partial charge < -0.3 is 20.1 Å². The van der Waals surface area contributed by atoms with Crippen molar-refractivity contribution in [3.63, 3.8) is 0 Å². The van der Waals surface area contributed by atoms with E-state index in [9.17, 15) is 23.1 Å². The Morgan fingerprint density at radius 2 is 2.00 bits per heavy atom. The number of alkyl halides is 3. The fourth-order valence-corrected chi connectivity index (χ4v) is 4.74. The van der Waals surface area contributed by atoms with Crippen LogP contribution >= 0.6 is 11.3 Å². The molecule has 1 aliphatic heterocycles. The van der Waals surface area contributed by atoms with Crippen LogP contribution in [-0.4, -0.2) is 51.0 Å². The summed E-state index contributed by atoms with van der Waals surface area (Å²) in [7, 11) is 0. The molecule has 0 radical (unpaired) electrons. The van der Waals surface area contributed by atoms with Gasteiger partial charge in [0.05, 0.1) is 10.3 Å². The Kier molecular flexibility index (Phi) is 6.32. The number of nitrogens with one attached hydrogen (secondary N) is 1. The Labute approximate surface area is 198 Å². The average molecular weight is 495 g/mol. The second-order valence-electron chi connectivity index (χ2n) is 9.20. The maximum atomic E-state index is 13.0. The number of aromatic nitrogens is 2. The summed E-state index contributed by atoms with van der Waals surface area (Å²) in [6.45, 7) is 6.53. The molecule has 1 atom stereocenters. The normalized spacial score (nSPS) is 17.1. The Morgan fingerprint density at radius 3 is 2.68 bits per heavy atom. The molecule has 7 nitrogen and oxygen atoms in total. The monoisotopic (exact) mass is 494 g/mol. The minimum Gasteiger partial charge on any atom is -0.507 e. The van der Waals surface area contributed by atoms with Crippen molar-refractivity contribution in [3.05, 3.63) is 35.2 Å². The van der Waals surface area contributed by atoms with E-state index in [1.165, 1.54) is 17.4 Å². The highest BCUT2D eigenvalue weighted by molar-refractivity contribution is 7.17. The van der Waals surface area contributed by atoms with Gasteiger partial charge >= 0.3 is 12.3 Å². The van der Waals surface area contributed by atoms with Gasteiger partial charge in [-0.3, -0.25) is 0 Å². The number of hydrogen-bond donors (Lipinski definition) is 2. The number of halogens is 3. The molecule has 1 aromatic carbocycles. The van der Waals surface area contributed by atoms with E-state index in [4.69, 9.17) is 4.74 Å². The minimum absolute atomic E-state index is 0.0657. The minimum atomic E-state index is -4.55. The summed E-state index contributed by atoms with van der Waals surface area (Å²) in [5, 5.41) is 24.7. The van der Waals surface area contributed by atoms with Crippen molar-refractivity contribution in [1.82, 2.24) is 15.1 Å². The predicted molar refractivity (Wildman–Crippen MR) is 124 cm³/mol. The molecule has 0 saturated carbocycles. The summed E-state index contributed by atoms with van der Waals surface area (Å²) < 4.78 is 45.0. The summed E-state index contributed by atoms with van der Waals surface area (Å²) in [6.07, 6.45) is -3.29. The lowest BCUT2D eigenvalue weighted by Crippen LogP contribution is -2.47. The number of phenols is 1. The highest BCUT2D eigenvalue weighted by Crippen LogP contribution is 2.40. The molecule has 1 fully saturated rings. The first kappa shape index (κ1) is 24.1. The van der Waals surface area contributed by atoms with Gasteiger partial charge in [0.1, 0.15) is 17.0 Å². The van der Waals surface area contributed by atoms with Crippen LogP contribution in [0.25, 0.3) is 21.3 Å². The van der Waals surface area contributed by atoms with Gasteiger partial charge in [0.2, 0.25) is 0 Å². The number of carbonyl (C=O) groups is 1.